The zero-order chi connectivity index (χ0) is 16.6. The van der Waals surface area contributed by atoms with Crippen molar-refractivity contribution in [1.29, 1.82) is 0 Å². The lowest BCUT2D eigenvalue weighted by atomic mass is 9.94. The van der Waals surface area contributed by atoms with Crippen LogP contribution in [-0.2, 0) is 0 Å². The first-order valence-corrected chi connectivity index (χ1v) is 9.61. The van der Waals surface area contributed by atoms with E-state index in [2.05, 4.69) is 12.7 Å². The van der Waals surface area contributed by atoms with Crippen molar-refractivity contribution in [3.63, 3.8) is 0 Å². The first kappa shape index (κ1) is 19.3. The van der Waals surface area contributed by atoms with Crippen LogP contribution in [-0.4, -0.2) is 13.5 Å². The van der Waals surface area contributed by atoms with Gasteiger partial charge in [0.05, 0.1) is 9.91 Å². The monoisotopic (exact) mass is 420 g/mol. The summed E-state index contributed by atoms with van der Waals surface area (Å²) in [6.07, 6.45) is 10.3. The van der Waals surface area contributed by atoms with Crippen LogP contribution in [0.1, 0.15) is 44.9 Å². The SMILES string of the molecule is C=CC1(Cl)CCC(C2=CCCCCC2)=C(Cl)C(Cl)(Cl)C1(Cl)Cl. The molecule has 124 valence electrons. The number of hydrogen-bond acceptors (Lipinski definition) is 0. The third kappa shape index (κ3) is 3.22. The highest BCUT2D eigenvalue weighted by Gasteiger charge is 2.62. The molecule has 0 nitrogen and oxygen atoms in total. The highest BCUT2D eigenvalue weighted by Crippen LogP contribution is 2.61. The fourth-order valence-electron chi connectivity index (χ4n) is 2.98. The Morgan fingerprint density at radius 1 is 1.00 bits per heavy atom. The minimum atomic E-state index is -1.70. The molecule has 0 saturated heterocycles. The highest BCUT2D eigenvalue weighted by molar-refractivity contribution is 6.69. The van der Waals surface area contributed by atoms with Crippen molar-refractivity contribution in [1.82, 2.24) is 0 Å². The van der Waals surface area contributed by atoms with Gasteiger partial charge in [-0.05, 0) is 49.7 Å². The summed E-state index contributed by atoms with van der Waals surface area (Å²) in [6.45, 7) is 3.74. The molecule has 0 spiro atoms. The lowest BCUT2D eigenvalue weighted by Crippen LogP contribution is -2.51. The highest BCUT2D eigenvalue weighted by atomic mass is 35.5. The minimum Gasteiger partial charge on any atom is -0.111 e. The number of allylic oxidation sites excluding steroid dienone is 5. The summed E-state index contributed by atoms with van der Waals surface area (Å²) in [4.78, 5) is -1.16. The summed E-state index contributed by atoms with van der Waals surface area (Å²) < 4.78 is -3.39. The zero-order valence-electron chi connectivity index (χ0n) is 12.1. The molecule has 2 aliphatic carbocycles. The standard InChI is InChI=1S/C16H18Cl6/c1-2-14(18)10-9-12(11-7-5-3-4-6-8-11)13(17)15(19,20)16(14,21)22/h2,7H,1,3-6,8-10H2. The van der Waals surface area contributed by atoms with Gasteiger partial charge in [0, 0.05) is 0 Å². The quantitative estimate of drug-likeness (QED) is 0.316. The molecule has 0 aromatic carbocycles. The fraction of sp³-hybridized carbons (Fsp3) is 0.625. The lowest BCUT2D eigenvalue weighted by molar-refractivity contribution is 0.556. The van der Waals surface area contributed by atoms with Crippen LogP contribution in [0.25, 0.3) is 0 Å². The van der Waals surface area contributed by atoms with Crippen LogP contribution >= 0.6 is 69.6 Å². The van der Waals surface area contributed by atoms with E-state index >= 15 is 0 Å². The van der Waals surface area contributed by atoms with E-state index in [-0.39, 0.29) is 5.03 Å². The van der Waals surface area contributed by atoms with Crippen molar-refractivity contribution in [2.45, 2.75) is 58.5 Å². The first-order chi connectivity index (χ1) is 10.2. The molecule has 0 bridgehead atoms. The molecule has 2 aliphatic rings. The van der Waals surface area contributed by atoms with Crippen molar-refractivity contribution in [2.75, 3.05) is 0 Å². The second-order valence-electron chi connectivity index (χ2n) is 5.84. The molecular formula is C16H18Cl6. The van der Waals surface area contributed by atoms with Gasteiger partial charge in [-0.25, -0.2) is 0 Å². The topological polar surface area (TPSA) is 0 Å². The van der Waals surface area contributed by atoms with E-state index in [4.69, 9.17) is 69.6 Å². The summed E-state index contributed by atoms with van der Waals surface area (Å²) in [6, 6.07) is 0. The van der Waals surface area contributed by atoms with Crippen LogP contribution in [0.4, 0.5) is 0 Å². The van der Waals surface area contributed by atoms with E-state index in [9.17, 15) is 0 Å². The third-order valence-electron chi connectivity index (χ3n) is 4.45. The minimum absolute atomic E-state index is 0.276. The number of hydrogen-bond donors (Lipinski definition) is 0. The number of halogens is 6. The fourth-order valence-corrected chi connectivity index (χ4v) is 4.87. The molecule has 1 atom stereocenters. The number of rotatable bonds is 2. The third-order valence-corrected chi connectivity index (χ3v) is 8.55. The zero-order valence-corrected chi connectivity index (χ0v) is 16.6. The molecular weight excluding hydrogens is 405 g/mol. The van der Waals surface area contributed by atoms with E-state index in [0.29, 0.717) is 12.8 Å². The predicted molar refractivity (Wildman–Crippen MR) is 101 cm³/mol. The molecule has 6 heteroatoms. The van der Waals surface area contributed by atoms with Gasteiger partial charge >= 0.3 is 0 Å². The van der Waals surface area contributed by atoms with Crippen molar-refractivity contribution in [3.8, 4) is 0 Å². The van der Waals surface area contributed by atoms with Crippen molar-refractivity contribution in [2.24, 2.45) is 0 Å². The maximum absolute atomic E-state index is 6.59. The van der Waals surface area contributed by atoms with E-state index in [0.717, 1.165) is 24.8 Å². The molecule has 0 N–H and O–H groups in total. The maximum Gasteiger partial charge on any atom is 0.188 e. The van der Waals surface area contributed by atoms with Crippen LogP contribution < -0.4 is 0 Å². The van der Waals surface area contributed by atoms with Gasteiger partial charge in [0.25, 0.3) is 0 Å². The number of alkyl halides is 5. The van der Waals surface area contributed by atoms with Gasteiger partial charge in [0.2, 0.25) is 0 Å². The van der Waals surface area contributed by atoms with Gasteiger partial charge in [-0.15, -0.1) is 18.2 Å². The Morgan fingerprint density at radius 2 is 1.68 bits per heavy atom. The van der Waals surface area contributed by atoms with Crippen molar-refractivity contribution < 1.29 is 0 Å². The van der Waals surface area contributed by atoms with Crippen LogP contribution in [0.3, 0.4) is 0 Å². The van der Waals surface area contributed by atoms with E-state index in [1.54, 1.807) is 0 Å². The normalized spacial score (nSPS) is 32.0. The summed E-state index contributed by atoms with van der Waals surface area (Å²) in [7, 11) is 0. The lowest BCUT2D eigenvalue weighted by Gasteiger charge is -2.41. The second kappa shape index (κ2) is 7.06. The van der Waals surface area contributed by atoms with Gasteiger partial charge in [-0.2, -0.15) is 0 Å². The molecule has 1 unspecified atom stereocenters. The Balaban J connectivity index is 2.52. The van der Waals surface area contributed by atoms with Gasteiger partial charge in [-0.3, -0.25) is 0 Å². The molecule has 22 heavy (non-hydrogen) atoms. The molecule has 0 aliphatic heterocycles. The van der Waals surface area contributed by atoms with Crippen molar-refractivity contribution >= 4 is 69.6 Å². The van der Waals surface area contributed by atoms with Gasteiger partial charge < -0.3 is 0 Å². The average Bonchev–Trinajstić information content (AvgIpc) is 2.76. The van der Waals surface area contributed by atoms with Crippen LogP contribution in [0.15, 0.2) is 34.9 Å². The van der Waals surface area contributed by atoms with Gasteiger partial charge in [-0.1, -0.05) is 76.6 Å². The molecule has 0 amide bonds. The van der Waals surface area contributed by atoms with Gasteiger partial charge in [0.1, 0.15) is 0 Å². The second-order valence-corrected chi connectivity index (χ2v) is 9.54. The van der Waals surface area contributed by atoms with E-state index in [1.807, 2.05) is 0 Å². The Hall–Kier alpha value is 0.960. The largest absolute Gasteiger partial charge is 0.188 e. The van der Waals surface area contributed by atoms with Crippen LogP contribution in [0, 0.1) is 0 Å². The van der Waals surface area contributed by atoms with E-state index in [1.165, 1.54) is 24.5 Å². The van der Waals surface area contributed by atoms with E-state index < -0.39 is 13.5 Å². The molecule has 0 radical (unpaired) electrons. The Labute approximate surface area is 162 Å². The van der Waals surface area contributed by atoms with Crippen molar-refractivity contribution in [3.05, 3.63) is 34.9 Å². The molecule has 0 fully saturated rings. The smallest absolute Gasteiger partial charge is 0.111 e. The molecule has 0 saturated carbocycles. The Morgan fingerprint density at radius 3 is 2.32 bits per heavy atom. The summed E-state index contributed by atoms with van der Waals surface area (Å²) in [5.74, 6) is 0. The first-order valence-electron chi connectivity index (χ1n) is 7.34. The molecule has 0 heterocycles. The Kier molecular flexibility index (Phi) is 6.19. The summed E-state index contributed by atoms with van der Waals surface area (Å²) >= 11 is 39.0. The average molecular weight is 423 g/mol. The van der Waals surface area contributed by atoms with Gasteiger partial charge in [0.15, 0.2) is 8.67 Å². The molecule has 0 aromatic rings. The molecule has 2 rings (SSSR count). The molecule has 0 aromatic heterocycles. The van der Waals surface area contributed by atoms with Crippen LogP contribution in [0.2, 0.25) is 0 Å². The maximum atomic E-state index is 6.59. The predicted octanol–water partition coefficient (Wildman–Crippen LogP) is 7.68. The van der Waals surface area contributed by atoms with Crippen LogP contribution in [0.5, 0.6) is 0 Å². The summed E-state index contributed by atoms with van der Waals surface area (Å²) in [5, 5.41) is 0.276. The Bertz CT molecular complexity index is 517. The summed E-state index contributed by atoms with van der Waals surface area (Å²) in [5.41, 5.74) is 2.10.